The van der Waals surface area contributed by atoms with Gasteiger partial charge in [0, 0.05) is 30.3 Å². The highest BCUT2D eigenvalue weighted by molar-refractivity contribution is 8.19. The summed E-state index contributed by atoms with van der Waals surface area (Å²) in [4.78, 5) is 12.9. The molecule has 1 aliphatic rings. The van der Waals surface area contributed by atoms with Crippen molar-refractivity contribution in [2.24, 2.45) is 0 Å². The monoisotopic (exact) mass is 470 g/mol. The molecule has 3 rings (SSSR count). The zero-order chi connectivity index (χ0) is 21.2. The van der Waals surface area contributed by atoms with Crippen molar-refractivity contribution in [2.45, 2.75) is 29.4 Å². The van der Waals surface area contributed by atoms with Crippen LogP contribution in [-0.4, -0.2) is 43.2 Å². The maximum atomic E-state index is 12.8. The minimum atomic E-state index is -3.71. The number of sulfonamides is 1. The molecule has 1 aliphatic heterocycles. The Morgan fingerprint density at radius 2 is 1.86 bits per heavy atom. The Morgan fingerprint density at radius 3 is 2.52 bits per heavy atom. The quantitative estimate of drug-likeness (QED) is 0.636. The molecule has 0 bridgehead atoms. The number of amides is 1. The van der Waals surface area contributed by atoms with Crippen LogP contribution in [0.2, 0.25) is 5.02 Å². The Hall–Kier alpha value is -1.19. The maximum Gasteiger partial charge on any atom is 0.257 e. The van der Waals surface area contributed by atoms with E-state index in [1.165, 1.54) is 29.6 Å². The second kappa shape index (κ2) is 9.31. The van der Waals surface area contributed by atoms with Gasteiger partial charge in [-0.3, -0.25) is 4.79 Å². The van der Waals surface area contributed by atoms with Crippen LogP contribution >= 0.6 is 35.1 Å². The molecule has 9 heteroatoms. The van der Waals surface area contributed by atoms with Gasteiger partial charge in [-0.1, -0.05) is 23.7 Å². The average Bonchev–Trinajstić information content (AvgIpc) is 3.22. The van der Waals surface area contributed by atoms with E-state index in [1.807, 2.05) is 47.8 Å². The zero-order valence-electron chi connectivity index (χ0n) is 16.4. The van der Waals surface area contributed by atoms with Gasteiger partial charge in [-0.2, -0.15) is 4.31 Å². The Bertz CT molecular complexity index is 1010. The lowest BCUT2D eigenvalue weighted by Crippen LogP contribution is -2.33. The van der Waals surface area contributed by atoms with Crippen LogP contribution in [0.15, 0.2) is 47.4 Å². The molecule has 1 heterocycles. The first kappa shape index (κ1) is 22.5. The van der Waals surface area contributed by atoms with Crippen molar-refractivity contribution in [1.29, 1.82) is 0 Å². The van der Waals surface area contributed by atoms with Gasteiger partial charge in [0.2, 0.25) is 10.0 Å². The molecule has 1 amide bonds. The van der Waals surface area contributed by atoms with Crippen molar-refractivity contribution in [3.05, 3.63) is 58.6 Å². The standard InChI is InChI=1S/C20H23ClN2O3S3/c1-13(2)23(3)29(25,26)16-7-8-18(21)17(12-16)19(24)22-15-6-4-5-14(11-15)20-27-9-10-28-20/h4-8,11-13,20H,9-10H2,1-3H3,(H,22,24). The molecule has 1 N–H and O–H groups in total. The van der Waals surface area contributed by atoms with E-state index >= 15 is 0 Å². The molecule has 0 aliphatic carbocycles. The van der Waals surface area contributed by atoms with Gasteiger partial charge in [0.1, 0.15) is 0 Å². The van der Waals surface area contributed by atoms with Crippen LogP contribution in [0.25, 0.3) is 0 Å². The zero-order valence-corrected chi connectivity index (χ0v) is 19.6. The van der Waals surface area contributed by atoms with Crippen LogP contribution < -0.4 is 5.32 Å². The van der Waals surface area contributed by atoms with Gasteiger partial charge in [-0.15, -0.1) is 23.5 Å². The molecule has 0 unspecified atom stereocenters. The maximum absolute atomic E-state index is 12.8. The second-order valence-electron chi connectivity index (χ2n) is 6.91. The Morgan fingerprint density at radius 1 is 1.17 bits per heavy atom. The summed E-state index contributed by atoms with van der Waals surface area (Å²) in [5, 5.41) is 3.04. The summed E-state index contributed by atoms with van der Waals surface area (Å²) >= 11 is 9.99. The minimum absolute atomic E-state index is 0.0377. The van der Waals surface area contributed by atoms with Gasteiger partial charge in [-0.25, -0.2) is 8.42 Å². The number of anilines is 1. The predicted octanol–water partition coefficient (Wildman–Crippen LogP) is 5.10. The Labute approximate surface area is 185 Å². The Balaban J connectivity index is 1.85. The third-order valence-corrected chi connectivity index (χ3v) is 10.1. The summed E-state index contributed by atoms with van der Waals surface area (Å²) in [5.74, 6) is 1.80. The van der Waals surface area contributed by atoms with Crippen LogP contribution in [0.5, 0.6) is 0 Å². The minimum Gasteiger partial charge on any atom is -0.322 e. The molecule has 2 aromatic carbocycles. The van der Waals surface area contributed by atoms with E-state index in [4.69, 9.17) is 11.6 Å². The highest BCUT2D eigenvalue weighted by Gasteiger charge is 2.25. The van der Waals surface area contributed by atoms with Crippen molar-refractivity contribution in [3.8, 4) is 0 Å². The number of halogens is 1. The fourth-order valence-electron chi connectivity index (χ4n) is 2.79. The molecule has 29 heavy (non-hydrogen) atoms. The van der Waals surface area contributed by atoms with Gasteiger partial charge >= 0.3 is 0 Å². The normalized spacial score (nSPS) is 15.2. The molecule has 0 saturated carbocycles. The van der Waals surface area contributed by atoms with Crippen LogP contribution in [-0.2, 0) is 10.0 Å². The first-order chi connectivity index (χ1) is 13.7. The number of nitrogens with zero attached hydrogens (tertiary/aromatic N) is 1. The van der Waals surface area contributed by atoms with Crippen molar-refractivity contribution < 1.29 is 13.2 Å². The first-order valence-electron chi connectivity index (χ1n) is 9.12. The molecule has 156 valence electrons. The van der Waals surface area contributed by atoms with Gasteiger partial charge in [0.25, 0.3) is 5.91 Å². The number of rotatable bonds is 6. The van der Waals surface area contributed by atoms with Crippen molar-refractivity contribution in [3.63, 3.8) is 0 Å². The third-order valence-electron chi connectivity index (χ3n) is 4.63. The number of carbonyl (C=O) groups is 1. The van der Waals surface area contributed by atoms with E-state index in [0.717, 1.165) is 17.1 Å². The van der Waals surface area contributed by atoms with Crippen LogP contribution in [0.3, 0.4) is 0 Å². The van der Waals surface area contributed by atoms with Crippen molar-refractivity contribution >= 4 is 56.7 Å². The summed E-state index contributed by atoms with van der Waals surface area (Å²) in [7, 11) is -2.20. The average molecular weight is 471 g/mol. The fraction of sp³-hybridized carbons (Fsp3) is 0.350. The highest BCUT2D eigenvalue weighted by Crippen LogP contribution is 2.45. The molecule has 1 saturated heterocycles. The molecule has 5 nitrogen and oxygen atoms in total. The van der Waals surface area contributed by atoms with Gasteiger partial charge < -0.3 is 5.32 Å². The SMILES string of the molecule is CC(C)N(C)S(=O)(=O)c1ccc(Cl)c(C(=O)Nc2cccc(C3SCCS3)c2)c1. The van der Waals surface area contributed by atoms with E-state index < -0.39 is 15.9 Å². The van der Waals surface area contributed by atoms with Gasteiger partial charge in [0.05, 0.1) is 20.1 Å². The fourth-order valence-corrected chi connectivity index (χ4v) is 7.23. The summed E-state index contributed by atoms with van der Waals surface area (Å²) < 4.78 is 27.1. The van der Waals surface area contributed by atoms with Gasteiger partial charge in [0.15, 0.2) is 0 Å². The molecular weight excluding hydrogens is 448 g/mol. The van der Waals surface area contributed by atoms with Crippen molar-refractivity contribution in [1.82, 2.24) is 4.31 Å². The molecule has 0 atom stereocenters. The lowest BCUT2D eigenvalue weighted by molar-refractivity contribution is 0.102. The van der Waals surface area contributed by atoms with Gasteiger partial charge in [-0.05, 0) is 49.7 Å². The van der Waals surface area contributed by atoms with Crippen LogP contribution in [0.4, 0.5) is 5.69 Å². The number of thioether (sulfide) groups is 2. The highest BCUT2D eigenvalue weighted by atomic mass is 35.5. The largest absolute Gasteiger partial charge is 0.322 e. The van der Waals surface area contributed by atoms with Crippen LogP contribution in [0, 0.1) is 0 Å². The lowest BCUT2D eigenvalue weighted by atomic mass is 10.2. The number of hydrogen-bond donors (Lipinski definition) is 1. The number of hydrogen-bond acceptors (Lipinski definition) is 5. The number of nitrogens with one attached hydrogen (secondary N) is 1. The van der Waals surface area contributed by atoms with E-state index in [1.54, 1.807) is 13.8 Å². The third kappa shape index (κ3) is 5.11. The predicted molar refractivity (Wildman–Crippen MR) is 124 cm³/mol. The molecule has 1 fully saturated rings. The van der Waals surface area contributed by atoms with Crippen molar-refractivity contribution in [2.75, 3.05) is 23.9 Å². The smallest absolute Gasteiger partial charge is 0.257 e. The number of carbonyl (C=O) groups excluding carboxylic acids is 1. The van der Waals surface area contributed by atoms with E-state index in [0.29, 0.717) is 10.3 Å². The lowest BCUT2D eigenvalue weighted by Gasteiger charge is -2.21. The first-order valence-corrected chi connectivity index (χ1v) is 13.0. The van der Waals surface area contributed by atoms with E-state index in [-0.39, 0.29) is 21.5 Å². The van der Waals surface area contributed by atoms with E-state index in [9.17, 15) is 13.2 Å². The summed E-state index contributed by atoms with van der Waals surface area (Å²) in [5.41, 5.74) is 1.93. The number of benzene rings is 2. The molecule has 2 aromatic rings. The Kier molecular flexibility index (Phi) is 7.22. The summed E-state index contributed by atoms with van der Waals surface area (Å²) in [6, 6.07) is 11.7. The molecule has 0 spiro atoms. The molecule has 0 radical (unpaired) electrons. The van der Waals surface area contributed by atoms with Crippen LogP contribution in [0.1, 0.15) is 34.4 Å². The van der Waals surface area contributed by atoms with E-state index in [2.05, 4.69) is 5.32 Å². The topological polar surface area (TPSA) is 66.5 Å². The summed E-state index contributed by atoms with van der Waals surface area (Å²) in [6.07, 6.45) is 0. The molecular formula is C20H23ClN2O3S3. The second-order valence-corrected chi connectivity index (χ2v) is 12.0. The molecule has 0 aromatic heterocycles. The summed E-state index contributed by atoms with van der Waals surface area (Å²) in [6.45, 7) is 3.57.